The topological polar surface area (TPSA) is 52.0 Å². The molecule has 3 rings (SSSR count). The van der Waals surface area contributed by atoms with Crippen LogP contribution in [-0.2, 0) is 0 Å². The van der Waals surface area contributed by atoms with Crippen LogP contribution in [0.5, 0.6) is 0 Å². The van der Waals surface area contributed by atoms with Crippen LogP contribution >= 0.6 is 0 Å². The third-order valence-electron chi connectivity index (χ3n) is 2.88. The Morgan fingerprint density at radius 3 is 2.76 bits per heavy atom. The quantitative estimate of drug-likeness (QED) is 0.728. The van der Waals surface area contributed by atoms with Gasteiger partial charge in [0.1, 0.15) is 5.76 Å². The molecule has 0 bridgehead atoms. The predicted octanol–water partition coefficient (Wildman–Crippen LogP) is 2.88. The molecule has 3 aromatic rings. The lowest BCUT2D eigenvalue weighted by atomic mass is 10.0. The maximum absolute atomic E-state index is 6.19. The van der Waals surface area contributed by atoms with E-state index < -0.39 is 0 Å². The molecule has 0 spiro atoms. The van der Waals surface area contributed by atoms with Crippen molar-refractivity contribution >= 4 is 10.8 Å². The third-order valence-corrected chi connectivity index (χ3v) is 2.88. The molecule has 0 radical (unpaired) electrons. The molecule has 17 heavy (non-hydrogen) atoms. The minimum atomic E-state index is -0.274. The molecule has 0 aliphatic rings. The van der Waals surface area contributed by atoms with Gasteiger partial charge >= 0.3 is 0 Å². The number of hydrogen-bond acceptors (Lipinski definition) is 3. The Balaban J connectivity index is 2.17. The fourth-order valence-corrected chi connectivity index (χ4v) is 2.01. The van der Waals surface area contributed by atoms with Crippen LogP contribution in [0.3, 0.4) is 0 Å². The Hall–Kier alpha value is -2.13. The molecule has 0 aliphatic carbocycles. The Kier molecular flexibility index (Phi) is 2.38. The second-order valence-electron chi connectivity index (χ2n) is 3.94. The molecule has 0 saturated carbocycles. The van der Waals surface area contributed by atoms with Crippen LogP contribution in [0.1, 0.15) is 17.4 Å². The summed E-state index contributed by atoms with van der Waals surface area (Å²) >= 11 is 0. The lowest BCUT2D eigenvalue weighted by molar-refractivity contribution is 0.490. The van der Waals surface area contributed by atoms with E-state index in [2.05, 4.69) is 11.1 Å². The maximum atomic E-state index is 6.19. The van der Waals surface area contributed by atoms with Crippen LogP contribution in [0.2, 0.25) is 0 Å². The zero-order valence-electron chi connectivity index (χ0n) is 9.21. The zero-order chi connectivity index (χ0) is 11.7. The number of benzene rings is 1. The largest absolute Gasteiger partial charge is 0.467 e. The van der Waals surface area contributed by atoms with Gasteiger partial charge < -0.3 is 10.2 Å². The summed E-state index contributed by atoms with van der Waals surface area (Å²) in [7, 11) is 0. The van der Waals surface area contributed by atoms with Crippen LogP contribution < -0.4 is 5.73 Å². The molecule has 0 fully saturated rings. The summed E-state index contributed by atoms with van der Waals surface area (Å²) in [6, 6.07) is 11.5. The van der Waals surface area contributed by atoms with Gasteiger partial charge in [0, 0.05) is 23.3 Å². The van der Waals surface area contributed by atoms with Gasteiger partial charge in [0.2, 0.25) is 0 Å². The molecule has 1 aromatic carbocycles. The standard InChI is InChI=1S/C14H12N2O/c15-14(13-6-3-7-17-13)12-9-16-8-10-4-1-2-5-11(10)12/h1-9,14H,15H2. The highest BCUT2D eigenvalue weighted by molar-refractivity contribution is 5.85. The first kappa shape index (κ1) is 10.1. The van der Waals surface area contributed by atoms with Crippen molar-refractivity contribution in [2.45, 2.75) is 6.04 Å². The molecule has 3 heteroatoms. The third kappa shape index (κ3) is 1.70. The number of pyridine rings is 1. The number of furan rings is 1. The van der Waals surface area contributed by atoms with Crippen LogP contribution in [0.4, 0.5) is 0 Å². The van der Waals surface area contributed by atoms with Gasteiger partial charge in [-0.15, -0.1) is 0 Å². The molecule has 3 nitrogen and oxygen atoms in total. The number of nitrogens with zero attached hydrogens (tertiary/aromatic N) is 1. The first-order valence-electron chi connectivity index (χ1n) is 5.48. The van der Waals surface area contributed by atoms with Gasteiger partial charge in [-0.2, -0.15) is 0 Å². The summed E-state index contributed by atoms with van der Waals surface area (Å²) in [5.74, 6) is 0.753. The van der Waals surface area contributed by atoms with E-state index in [0.717, 1.165) is 22.1 Å². The van der Waals surface area contributed by atoms with Crippen molar-refractivity contribution < 1.29 is 4.42 Å². The van der Waals surface area contributed by atoms with Gasteiger partial charge in [-0.05, 0) is 17.5 Å². The van der Waals surface area contributed by atoms with Crippen LogP contribution in [0.15, 0.2) is 59.5 Å². The van der Waals surface area contributed by atoms with Crippen molar-refractivity contribution in [1.29, 1.82) is 0 Å². The molecule has 1 atom stereocenters. The summed E-state index contributed by atoms with van der Waals surface area (Å²) in [6.07, 6.45) is 5.27. The van der Waals surface area contributed by atoms with E-state index in [-0.39, 0.29) is 6.04 Å². The van der Waals surface area contributed by atoms with E-state index in [9.17, 15) is 0 Å². The van der Waals surface area contributed by atoms with Gasteiger partial charge in [-0.1, -0.05) is 24.3 Å². The minimum Gasteiger partial charge on any atom is -0.467 e. The highest BCUT2D eigenvalue weighted by Gasteiger charge is 2.14. The molecule has 2 heterocycles. The van der Waals surface area contributed by atoms with E-state index in [1.54, 1.807) is 12.5 Å². The fourth-order valence-electron chi connectivity index (χ4n) is 2.01. The van der Waals surface area contributed by atoms with Gasteiger partial charge in [0.25, 0.3) is 0 Å². The molecular weight excluding hydrogens is 212 g/mol. The number of rotatable bonds is 2. The number of hydrogen-bond donors (Lipinski definition) is 1. The second kappa shape index (κ2) is 4.03. The van der Waals surface area contributed by atoms with Gasteiger partial charge in [-0.25, -0.2) is 0 Å². The van der Waals surface area contributed by atoms with E-state index in [1.165, 1.54) is 0 Å². The van der Waals surface area contributed by atoms with Crippen LogP contribution in [0.25, 0.3) is 10.8 Å². The summed E-state index contributed by atoms with van der Waals surface area (Å²) in [6.45, 7) is 0. The summed E-state index contributed by atoms with van der Waals surface area (Å²) in [4.78, 5) is 4.22. The average Bonchev–Trinajstić information content (AvgIpc) is 2.91. The Morgan fingerprint density at radius 1 is 1.06 bits per heavy atom. The maximum Gasteiger partial charge on any atom is 0.125 e. The minimum absolute atomic E-state index is 0.274. The molecule has 84 valence electrons. The second-order valence-corrected chi connectivity index (χ2v) is 3.94. The van der Waals surface area contributed by atoms with Crippen molar-refractivity contribution in [3.05, 3.63) is 66.4 Å². The average molecular weight is 224 g/mol. The lowest BCUT2D eigenvalue weighted by Crippen LogP contribution is -2.11. The normalized spacial score (nSPS) is 12.8. The van der Waals surface area contributed by atoms with Gasteiger partial charge in [-0.3, -0.25) is 4.98 Å². The van der Waals surface area contributed by atoms with Gasteiger partial charge in [0.15, 0.2) is 0 Å². The Morgan fingerprint density at radius 2 is 1.94 bits per heavy atom. The SMILES string of the molecule is NC(c1ccco1)c1cncc2ccccc12. The zero-order valence-corrected chi connectivity index (χ0v) is 9.21. The molecule has 0 amide bonds. The molecule has 0 saturated heterocycles. The first-order valence-corrected chi connectivity index (χ1v) is 5.48. The monoisotopic (exact) mass is 224 g/mol. The van der Waals surface area contributed by atoms with E-state index >= 15 is 0 Å². The number of fused-ring (bicyclic) bond motifs is 1. The number of nitrogens with two attached hydrogens (primary N) is 1. The highest BCUT2D eigenvalue weighted by atomic mass is 16.3. The van der Waals surface area contributed by atoms with Crippen molar-refractivity contribution in [2.24, 2.45) is 5.73 Å². The van der Waals surface area contributed by atoms with Crippen molar-refractivity contribution in [3.8, 4) is 0 Å². The van der Waals surface area contributed by atoms with E-state index in [1.807, 2.05) is 36.5 Å². The van der Waals surface area contributed by atoms with Crippen LogP contribution in [0, 0.1) is 0 Å². The van der Waals surface area contributed by atoms with Crippen molar-refractivity contribution in [1.82, 2.24) is 4.98 Å². The summed E-state index contributed by atoms with van der Waals surface area (Å²) in [5.41, 5.74) is 7.18. The van der Waals surface area contributed by atoms with Crippen molar-refractivity contribution in [3.63, 3.8) is 0 Å². The molecule has 0 aliphatic heterocycles. The lowest BCUT2D eigenvalue weighted by Gasteiger charge is -2.11. The van der Waals surface area contributed by atoms with E-state index in [4.69, 9.17) is 10.2 Å². The fraction of sp³-hybridized carbons (Fsp3) is 0.0714. The van der Waals surface area contributed by atoms with E-state index in [0.29, 0.717) is 0 Å². The molecule has 2 aromatic heterocycles. The van der Waals surface area contributed by atoms with Gasteiger partial charge in [0.05, 0.1) is 12.3 Å². The van der Waals surface area contributed by atoms with Crippen LogP contribution in [-0.4, -0.2) is 4.98 Å². The Bertz CT molecular complexity index is 626. The van der Waals surface area contributed by atoms with Crippen molar-refractivity contribution in [2.75, 3.05) is 0 Å². The molecule has 2 N–H and O–H groups in total. The smallest absolute Gasteiger partial charge is 0.125 e. The Labute approximate surface area is 98.9 Å². The highest BCUT2D eigenvalue weighted by Crippen LogP contribution is 2.26. The first-order chi connectivity index (χ1) is 8.36. The molecular formula is C14H12N2O. The number of aromatic nitrogens is 1. The predicted molar refractivity (Wildman–Crippen MR) is 66.5 cm³/mol. The summed E-state index contributed by atoms with van der Waals surface area (Å²) < 4.78 is 5.35. The molecule has 1 unspecified atom stereocenters. The summed E-state index contributed by atoms with van der Waals surface area (Å²) in [5, 5.41) is 2.21.